The van der Waals surface area contributed by atoms with Crippen molar-refractivity contribution in [1.82, 2.24) is 19.7 Å². The van der Waals surface area contributed by atoms with E-state index in [4.69, 9.17) is 4.74 Å². The van der Waals surface area contributed by atoms with E-state index in [9.17, 15) is 9.18 Å². The molecule has 2 fully saturated rings. The monoisotopic (exact) mass is 446 g/mol. The van der Waals surface area contributed by atoms with Crippen molar-refractivity contribution >= 4 is 12.0 Å². The first-order chi connectivity index (χ1) is 16.0. The predicted octanol–water partition coefficient (Wildman–Crippen LogP) is 5.02. The van der Waals surface area contributed by atoms with Gasteiger partial charge < -0.3 is 9.64 Å². The zero-order chi connectivity index (χ0) is 22.9. The number of carbonyl (C=O) groups is 1. The first kappa shape index (κ1) is 21.4. The van der Waals surface area contributed by atoms with Crippen molar-refractivity contribution in [3.63, 3.8) is 0 Å². The van der Waals surface area contributed by atoms with E-state index in [0.29, 0.717) is 11.6 Å². The molecule has 3 heterocycles. The molecule has 2 aliphatic heterocycles. The maximum absolute atomic E-state index is 13.6. The van der Waals surface area contributed by atoms with Gasteiger partial charge in [-0.25, -0.2) is 14.1 Å². The van der Waals surface area contributed by atoms with Crippen LogP contribution in [0.1, 0.15) is 55.1 Å². The molecule has 5 rings (SSSR count). The van der Waals surface area contributed by atoms with Crippen LogP contribution in [0.2, 0.25) is 0 Å². The summed E-state index contributed by atoms with van der Waals surface area (Å²) in [6, 6.07) is 12.6. The molecule has 0 spiro atoms. The number of hydrogen-bond acceptors (Lipinski definition) is 4. The molecule has 0 N–H and O–H groups in total. The summed E-state index contributed by atoms with van der Waals surface area (Å²) in [5.74, 6) is 1.17. The third kappa shape index (κ3) is 4.15. The molecule has 7 heteroatoms. The number of rotatable bonds is 4. The van der Waals surface area contributed by atoms with Gasteiger partial charge >= 0.3 is 0 Å². The van der Waals surface area contributed by atoms with Crippen LogP contribution in [0.4, 0.5) is 4.39 Å². The van der Waals surface area contributed by atoms with Gasteiger partial charge in [-0.15, -0.1) is 0 Å². The summed E-state index contributed by atoms with van der Waals surface area (Å²) < 4.78 is 20.7. The number of carbonyl (C=O) groups excluding carboxylic acids is 1. The number of halogens is 1. The molecule has 2 aliphatic rings. The number of nitrogens with zero attached hydrogens (tertiary/aromatic N) is 4. The Bertz CT molecular complexity index is 1200. The van der Waals surface area contributed by atoms with Crippen molar-refractivity contribution in [1.29, 1.82) is 0 Å². The third-order valence-electron chi connectivity index (χ3n) is 6.65. The zero-order valence-corrected chi connectivity index (χ0v) is 18.9. The van der Waals surface area contributed by atoms with Crippen LogP contribution in [0.15, 0.2) is 54.4 Å². The Kier molecular flexibility index (Phi) is 5.70. The van der Waals surface area contributed by atoms with Crippen LogP contribution < -0.4 is 4.74 Å². The molecule has 0 unspecified atom stereocenters. The van der Waals surface area contributed by atoms with E-state index in [2.05, 4.69) is 10.1 Å². The minimum absolute atomic E-state index is 0.00647. The van der Waals surface area contributed by atoms with E-state index >= 15 is 0 Å². The quantitative estimate of drug-likeness (QED) is 0.528. The van der Waals surface area contributed by atoms with Crippen LogP contribution in [0.5, 0.6) is 5.75 Å². The minimum Gasteiger partial charge on any atom is -0.494 e. The van der Waals surface area contributed by atoms with E-state index in [1.807, 2.05) is 48.2 Å². The summed E-state index contributed by atoms with van der Waals surface area (Å²) >= 11 is 0. The second-order valence-electron chi connectivity index (χ2n) is 8.74. The number of hydrogen-bond donors (Lipinski definition) is 0. The summed E-state index contributed by atoms with van der Waals surface area (Å²) in [4.78, 5) is 19.8. The molecular formula is C26H27FN4O2. The lowest BCUT2D eigenvalue weighted by atomic mass is 9.84. The number of piperidine rings is 2. The maximum Gasteiger partial charge on any atom is 0.250 e. The standard InChI is InChI=1S/C26H27FN4O2/c1-17-28-16-30(29-17)24-13-6-18(15-25(24)33-2)14-20-9-12-22-4-3-5-23(31(22)26(20)32)19-7-10-21(27)11-8-19/h6-8,10-11,13-16,22-23H,3-5,9,12H2,1-2H3/t22-,23+/m1/s1. The molecule has 170 valence electrons. The molecule has 1 amide bonds. The summed E-state index contributed by atoms with van der Waals surface area (Å²) in [5.41, 5.74) is 3.50. The van der Waals surface area contributed by atoms with Crippen LogP contribution in [0.25, 0.3) is 11.8 Å². The minimum atomic E-state index is -0.255. The zero-order valence-electron chi connectivity index (χ0n) is 18.9. The number of benzene rings is 2. The fourth-order valence-electron chi connectivity index (χ4n) is 5.05. The molecule has 2 atom stereocenters. The third-order valence-corrected chi connectivity index (χ3v) is 6.65. The van der Waals surface area contributed by atoms with Crippen LogP contribution >= 0.6 is 0 Å². The second kappa shape index (κ2) is 8.81. The highest BCUT2D eigenvalue weighted by Crippen LogP contribution is 2.41. The number of fused-ring (bicyclic) bond motifs is 1. The van der Waals surface area contributed by atoms with Crippen LogP contribution in [-0.4, -0.2) is 38.7 Å². The van der Waals surface area contributed by atoms with Gasteiger partial charge in [-0.1, -0.05) is 18.2 Å². The summed E-state index contributed by atoms with van der Waals surface area (Å²) in [5, 5.41) is 4.36. The Morgan fingerprint density at radius 3 is 2.67 bits per heavy atom. The fraction of sp³-hybridized carbons (Fsp3) is 0.346. The highest BCUT2D eigenvalue weighted by atomic mass is 19.1. The summed E-state index contributed by atoms with van der Waals surface area (Å²) in [7, 11) is 1.62. The second-order valence-corrected chi connectivity index (χ2v) is 8.74. The number of amides is 1. The highest BCUT2D eigenvalue weighted by Gasteiger charge is 2.39. The van der Waals surface area contributed by atoms with Gasteiger partial charge in [0.1, 0.15) is 29.4 Å². The molecule has 2 aromatic carbocycles. The lowest BCUT2D eigenvalue weighted by Crippen LogP contribution is -2.49. The molecule has 2 saturated heterocycles. The lowest BCUT2D eigenvalue weighted by molar-refractivity contribution is -0.136. The Labute approximate surface area is 192 Å². The van der Waals surface area contributed by atoms with Crippen molar-refractivity contribution < 1.29 is 13.9 Å². The fourth-order valence-corrected chi connectivity index (χ4v) is 5.05. The molecule has 0 radical (unpaired) electrons. The van der Waals surface area contributed by atoms with E-state index in [-0.39, 0.29) is 23.8 Å². The Hall–Kier alpha value is -3.48. The normalized spacial score (nSPS) is 21.8. The summed E-state index contributed by atoms with van der Waals surface area (Å²) in [6.07, 6.45) is 8.33. The van der Waals surface area contributed by atoms with Crippen molar-refractivity contribution in [3.05, 3.63) is 77.1 Å². The predicted molar refractivity (Wildman–Crippen MR) is 123 cm³/mol. The molecule has 3 aromatic rings. The number of methoxy groups -OCH3 is 1. The topological polar surface area (TPSA) is 60.2 Å². The van der Waals surface area contributed by atoms with E-state index in [1.54, 1.807) is 18.1 Å². The van der Waals surface area contributed by atoms with Crippen molar-refractivity contribution in [2.45, 2.75) is 51.1 Å². The van der Waals surface area contributed by atoms with Crippen LogP contribution in [0, 0.1) is 12.7 Å². The molecule has 0 saturated carbocycles. The van der Waals surface area contributed by atoms with Gasteiger partial charge in [0.05, 0.1) is 13.2 Å². The van der Waals surface area contributed by atoms with Gasteiger partial charge in [0.25, 0.3) is 5.91 Å². The van der Waals surface area contributed by atoms with Gasteiger partial charge in [-0.05, 0) is 80.5 Å². The summed E-state index contributed by atoms with van der Waals surface area (Å²) in [6.45, 7) is 1.84. The van der Waals surface area contributed by atoms with Crippen molar-refractivity contribution in [3.8, 4) is 11.4 Å². The molecule has 33 heavy (non-hydrogen) atoms. The molecule has 0 aliphatic carbocycles. The number of aryl methyl sites for hydroxylation is 1. The van der Waals surface area contributed by atoms with E-state index in [1.165, 1.54) is 12.1 Å². The van der Waals surface area contributed by atoms with E-state index in [0.717, 1.165) is 54.5 Å². The van der Waals surface area contributed by atoms with Gasteiger partial charge in [-0.2, -0.15) is 5.10 Å². The Morgan fingerprint density at radius 1 is 1.12 bits per heavy atom. The average Bonchev–Trinajstić information content (AvgIpc) is 3.27. The smallest absolute Gasteiger partial charge is 0.250 e. The molecule has 0 bridgehead atoms. The van der Waals surface area contributed by atoms with Crippen LogP contribution in [-0.2, 0) is 4.79 Å². The largest absolute Gasteiger partial charge is 0.494 e. The van der Waals surface area contributed by atoms with Crippen molar-refractivity contribution in [2.75, 3.05) is 7.11 Å². The number of aromatic nitrogens is 3. The molecular weight excluding hydrogens is 419 g/mol. The average molecular weight is 447 g/mol. The SMILES string of the molecule is COc1cc(C=C2CC[C@H]3CCC[C@@H](c4ccc(F)cc4)N3C2=O)ccc1-n1cnc(C)n1. The maximum atomic E-state index is 13.6. The van der Waals surface area contributed by atoms with Gasteiger partial charge in [0.15, 0.2) is 0 Å². The first-order valence-corrected chi connectivity index (χ1v) is 11.4. The molecule has 6 nitrogen and oxygen atoms in total. The van der Waals surface area contributed by atoms with E-state index < -0.39 is 0 Å². The first-order valence-electron chi connectivity index (χ1n) is 11.4. The van der Waals surface area contributed by atoms with Gasteiger partial charge in [0, 0.05) is 11.6 Å². The molecule has 1 aromatic heterocycles. The van der Waals surface area contributed by atoms with Crippen molar-refractivity contribution in [2.24, 2.45) is 0 Å². The van der Waals surface area contributed by atoms with Gasteiger partial charge in [-0.3, -0.25) is 4.79 Å². The lowest BCUT2D eigenvalue weighted by Gasteiger charge is -2.46. The Morgan fingerprint density at radius 2 is 1.94 bits per heavy atom. The van der Waals surface area contributed by atoms with Gasteiger partial charge in [0.2, 0.25) is 0 Å². The highest BCUT2D eigenvalue weighted by molar-refractivity contribution is 5.99. The van der Waals surface area contributed by atoms with Crippen LogP contribution in [0.3, 0.4) is 0 Å². The Balaban J connectivity index is 1.44. The number of ether oxygens (including phenoxy) is 1.